The van der Waals surface area contributed by atoms with E-state index < -0.39 is 5.97 Å². The van der Waals surface area contributed by atoms with Gasteiger partial charge in [-0.1, -0.05) is 30.0 Å². The normalized spacial score (nSPS) is 15.6. The highest BCUT2D eigenvalue weighted by Crippen LogP contribution is 2.32. The molecule has 0 unspecified atom stereocenters. The van der Waals surface area contributed by atoms with Crippen LogP contribution in [0.15, 0.2) is 35.6 Å². The van der Waals surface area contributed by atoms with Crippen molar-refractivity contribution in [3.63, 3.8) is 0 Å². The molecule has 2 heterocycles. The number of nitrogens with zero attached hydrogens (tertiary/aromatic N) is 3. The van der Waals surface area contributed by atoms with Gasteiger partial charge in [0.15, 0.2) is 5.16 Å². The van der Waals surface area contributed by atoms with Gasteiger partial charge >= 0.3 is 5.97 Å². The smallest absolute Gasteiger partial charge is 0.343 e. The summed E-state index contributed by atoms with van der Waals surface area (Å²) in [4.78, 5) is 34.4. The summed E-state index contributed by atoms with van der Waals surface area (Å²) in [5.74, 6) is -0.325. The number of fused-ring (bicyclic) bond motifs is 1. The van der Waals surface area contributed by atoms with Crippen molar-refractivity contribution < 1.29 is 14.3 Å². The van der Waals surface area contributed by atoms with Crippen LogP contribution in [0.4, 0.5) is 11.5 Å². The lowest BCUT2D eigenvalue weighted by Gasteiger charge is -2.22. The number of amides is 1. The van der Waals surface area contributed by atoms with Crippen molar-refractivity contribution in [1.82, 2.24) is 9.97 Å². The fourth-order valence-corrected chi connectivity index (χ4v) is 3.64. The first-order valence-electron chi connectivity index (χ1n) is 8.33. The molecule has 0 saturated carbocycles. The molecule has 1 atom stereocenters. The summed E-state index contributed by atoms with van der Waals surface area (Å²) in [5.41, 5.74) is 8.08. The van der Waals surface area contributed by atoms with E-state index in [9.17, 15) is 9.59 Å². The fraction of sp³-hybridized carbons (Fsp3) is 0.333. The number of nitrogens with two attached hydrogens (primary N) is 1. The number of anilines is 2. The van der Waals surface area contributed by atoms with Gasteiger partial charge in [-0.25, -0.2) is 14.8 Å². The Morgan fingerprint density at radius 1 is 1.38 bits per heavy atom. The van der Waals surface area contributed by atoms with Crippen molar-refractivity contribution in [2.75, 3.05) is 23.0 Å². The maximum Gasteiger partial charge on any atom is 0.343 e. The molecule has 1 aliphatic heterocycles. The minimum absolute atomic E-state index is 0.0101. The molecule has 0 spiro atoms. The molecular weight excluding hydrogens is 352 g/mol. The largest absolute Gasteiger partial charge is 0.462 e. The molecule has 0 aliphatic carbocycles. The highest BCUT2D eigenvalue weighted by molar-refractivity contribution is 7.99. The van der Waals surface area contributed by atoms with Crippen LogP contribution in [0, 0.1) is 0 Å². The minimum atomic E-state index is -0.555. The molecule has 0 saturated heterocycles. The average molecular weight is 372 g/mol. The molecule has 3 rings (SSSR count). The van der Waals surface area contributed by atoms with Crippen molar-refractivity contribution in [2.45, 2.75) is 31.5 Å². The molecule has 1 aromatic carbocycles. The van der Waals surface area contributed by atoms with Crippen LogP contribution in [0.1, 0.15) is 29.8 Å². The van der Waals surface area contributed by atoms with Crippen LogP contribution < -0.4 is 10.6 Å². The number of nitrogen functional groups attached to an aromatic ring is 1. The van der Waals surface area contributed by atoms with Crippen molar-refractivity contribution >= 4 is 35.1 Å². The van der Waals surface area contributed by atoms with Gasteiger partial charge in [0.25, 0.3) is 0 Å². The summed E-state index contributed by atoms with van der Waals surface area (Å²) >= 11 is 1.19. The van der Waals surface area contributed by atoms with E-state index in [1.54, 1.807) is 6.92 Å². The minimum Gasteiger partial charge on any atom is -0.462 e. The second kappa shape index (κ2) is 7.74. The second-order valence-electron chi connectivity index (χ2n) is 5.91. The third-order valence-corrected chi connectivity index (χ3v) is 4.94. The van der Waals surface area contributed by atoms with E-state index in [0.29, 0.717) is 5.16 Å². The molecule has 1 aliphatic rings. The Morgan fingerprint density at radius 3 is 2.88 bits per heavy atom. The van der Waals surface area contributed by atoms with Crippen LogP contribution in [0.2, 0.25) is 0 Å². The van der Waals surface area contributed by atoms with E-state index in [4.69, 9.17) is 10.5 Å². The summed E-state index contributed by atoms with van der Waals surface area (Å²) in [7, 11) is 0. The Labute approximate surface area is 156 Å². The molecule has 8 heteroatoms. The number of carbonyl (C=O) groups excluding carboxylic acids is 2. The van der Waals surface area contributed by atoms with E-state index in [0.717, 1.165) is 12.1 Å². The first kappa shape index (κ1) is 18.2. The van der Waals surface area contributed by atoms with E-state index >= 15 is 0 Å². The van der Waals surface area contributed by atoms with E-state index in [1.807, 2.05) is 36.1 Å². The molecule has 0 fully saturated rings. The lowest BCUT2D eigenvalue weighted by Crippen LogP contribution is -2.37. The number of para-hydroxylation sites is 1. The topological polar surface area (TPSA) is 98.4 Å². The van der Waals surface area contributed by atoms with Crippen LogP contribution >= 0.6 is 11.8 Å². The Balaban J connectivity index is 1.67. The Hall–Kier alpha value is -2.61. The number of hydrogen-bond acceptors (Lipinski definition) is 7. The molecule has 1 aromatic heterocycles. The van der Waals surface area contributed by atoms with Gasteiger partial charge in [-0.05, 0) is 31.9 Å². The van der Waals surface area contributed by atoms with Gasteiger partial charge in [-0.15, -0.1) is 0 Å². The fourth-order valence-electron chi connectivity index (χ4n) is 2.96. The zero-order chi connectivity index (χ0) is 18.7. The standard InChI is InChI=1S/C18H20N4O3S/c1-3-25-17(24)13-9-20-18(21-16(13)19)26-10-15(23)22-11(2)8-12-6-4-5-7-14(12)22/h4-7,9,11H,3,8,10H2,1-2H3,(H2,19,20,21)/t11-/m1/s1. The quantitative estimate of drug-likeness (QED) is 0.488. The molecule has 0 bridgehead atoms. The monoisotopic (exact) mass is 372 g/mol. The van der Waals surface area contributed by atoms with Crippen molar-refractivity contribution in [1.29, 1.82) is 0 Å². The highest BCUT2D eigenvalue weighted by atomic mass is 32.2. The van der Waals surface area contributed by atoms with Crippen molar-refractivity contribution in [2.24, 2.45) is 0 Å². The number of rotatable bonds is 5. The zero-order valence-electron chi connectivity index (χ0n) is 14.6. The summed E-state index contributed by atoms with van der Waals surface area (Å²) in [6.07, 6.45) is 2.19. The average Bonchev–Trinajstić information content (AvgIpc) is 2.95. The van der Waals surface area contributed by atoms with Gasteiger partial charge in [0.2, 0.25) is 5.91 Å². The van der Waals surface area contributed by atoms with Gasteiger partial charge in [-0.2, -0.15) is 0 Å². The van der Waals surface area contributed by atoms with Gasteiger partial charge in [0.1, 0.15) is 11.4 Å². The number of esters is 1. The number of ether oxygens (including phenoxy) is 1. The summed E-state index contributed by atoms with van der Waals surface area (Å²) in [6.45, 7) is 3.99. The predicted octanol–water partition coefficient (Wildman–Crippen LogP) is 2.31. The molecule has 2 N–H and O–H groups in total. The molecular formula is C18H20N4O3S. The second-order valence-corrected chi connectivity index (χ2v) is 6.85. The maximum absolute atomic E-state index is 12.7. The Kier molecular flexibility index (Phi) is 5.41. The number of benzene rings is 1. The van der Waals surface area contributed by atoms with Crippen molar-refractivity contribution in [3.8, 4) is 0 Å². The molecule has 0 radical (unpaired) electrons. The van der Waals surface area contributed by atoms with Crippen LogP contribution in [0.5, 0.6) is 0 Å². The first-order chi connectivity index (χ1) is 12.5. The molecule has 1 amide bonds. The van der Waals surface area contributed by atoms with Gasteiger partial charge < -0.3 is 15.4 Å². The Bertz CT molecular complexity index is 843. The lowest BCUT2D eigenvalue weighted by atomic mass is 10.1. The number of carbonyl (C=O) groups is 2. The van der Waals surface area contributed by atoms with Gasteiger partial charge in [0, 0.05) is 17.9 Å². The molecule has 26 heavy (non-hydrogen) atoms. The molecule has 7 nitrogen and oxygen atoms in total. The molecule has 136 valence electrons. The third kappa shape index (κ3) is 3.65. The lowest BCUT2D eigenvalue weighted by molar-refractivity contribution is -0.116. The third-order valence-electron chi connectivity index (χ3n) is 4.09. The molecule has 2 aromatic rings. The predicted molar refractivity (Wildman–Crippen MR) is 100 cm³/mol. The van der Waals surface area contributed by atoms with Crippen LogP contribution in [0.3, 0.4) is 0 Å². The van der Waals surface area contributed by atoms with Crippen LogP contribution in [-0.4, -0.2) is 40.2 Å². The SMILES string of the molecule is CCOC(=O)c1cnc(SCC(=O)N2c3ccccc3C[C@H]2C)nc1N. The van der Waals surface area contributed by atoms with E-state index in [-0.39, 0.29) is 35.7 Å². The maximum atomic E-state index is 12.7. The number of aromatic nitrogens is 2. The number of hydrogen-bond donors (Lipinski definition) is 1. The first-order valence-corrected chi connectivity index (χ1v) is 9.32. The van der Waals surface area contributed by atoms with Crippen LogP contribution in [0.25, 0.3) is 0 Å². The summed E-state index contributed by atoms with van der Waals surface area (Å²) in [5, 5.41) is 0.351. The van der Waals surface area contributed by atoms with Gasteiger partial charge in [0.05, 0.1) is 12.4 Å². The number of thioether (sulfide) groups is 1. The van der Waals surface area contributed by atoms with E-state index in [1.165, 1.54) is 23.5 Å². The van der Waals surface area contributed by atoms with Gasteiger partial charge in [-0.3, -0.25) is 4.79 Å². The van der Waals surface area contributed by atoms with Crippen LogP contribution in [-0.2, 0) is 16.0 Å². The van der Waals surface area contributed by atoms with E-state index in [2.05, 4.69) is 9.97 Å². The zero-order valence-corrected chi connectivity index (χ0v) is 15.5. The Morgan fingerprint density at radius 2 is 2.15 bits per heavy atom. The summed E-state index contributed by atoms with van der Waals surface area (Å²) in [6, 6.07) is 8.05. The van der Waals surface area contributed by atoms with Crippen molar-refractivity contribution in [3.05, 3.63) is 41.6 Å². The highest BCUT2D eigenvalue weighted by Gasteiger charge is 2.30. The summed E-state index contributed by atoms with van der Waals surface area (Å²) < 4.78 is 4.89.